The van der Waals surface area contributed by atoms with Gasteiger partial charge < -0.3 is 4.74 Å². The molecule has 0 unspecified atom stereocenters. The van der Waals surface area contributed by atoms with Crippen molar-refractivity contribution in [3.63, 3.8) is 0 Å². The van der Waals surface area contributed by atoms with Crippen molar-refractivity contribution in [2.45, 2.75) is 26.2 Å². The van der Waals surface area contributed by atoms with Crippen molar-refractivity contribution < 1.29 is 9.53 Å². The van der Waals surface area contributed by atoms with Gasteiger partial charge in [-0.05, 0) is 55.5 Å². The zero-order chi connectivity index (χ0) is 13.9. The second-order valence-electron chi connectivity index (χ2n) is 5.15. The third kappa shape index (κ3) is 2.44. The fourth-order valence-corrected chi connectivity index (χ4v) is 2.60. The van der Waals surface area contributed by atoms with Crippen LogP contribution >= 0.6 is 0 Å². The molecule has 0 saturated heterocycles. The molecule has 0 saturated carbocycles. The Hall–Kier alpha value is -2.16. The molecule has 0 radical (unpaired) electrons. The lowest BCUT2D eigenvalue weighted by Crippen LogP contribution is -2.09. The van der Waals surface area contributed by atoms with Gasteiger partial charge in [-0.1, -0.05) is 12.1 Å². The molecule has 3 nitrogen and oxygen atoms in total. The van der Waals surface area contributed by atoms with E-state index in [9.17, 15) is 4.79 Å². The summed E-state index contributed by atoms with van der Waals surface area (Å²) >= 11 is 0. The molecule has 1 aliphatic heterocycles. The van der Waals surface area contributed by atoms with E-state index in [1.165, 1.54) is 0 Å². The van der Waals surface area contributed by atoms with Gasteiger partial charge in [-0.25, -0.2) is 0 Å². The fraction of sp³-hybridized carbons (Fsp3) is 0.294. The fourth-order valence-electron chi connectivity index (χ4n) is 2.60. The number of carbonyl (C=O) groups excluding carboxylic acids is 1. The van der Waals surface area contributed by atoms with E-state index in [0.717, 1.165) is 36.1 Å². The van der Waals surface area contributed by atoms with Crippen LogP contribution in [0.3, 0.4) is 0 Å². The van der Waals surface area contributed by atoms with Gasteiger partial charge in [0.15, 0.2) is 0 Å². The predicted octanol–water partition coefficient (Wildman–Crippen LogP) is 3.34. The predicted molar refractivity (Wildman–Crippen MR) is 77.3 cm³/mol. The van der Waals surface area contributed by atoms with Gasteiger partial charge in [0.1, 0.15) is 11.4 Å². The first kappa shape index (κ1) is 12.9. The summed E-state index contributed by atoms with van der Waals surface area (Å²) in [4.78, 5) is 16.8. The Morgan fingerprint density at radius 2 is 2.15 bits per heavy atom. The van der Waals surface area contributed by atoms with Crippen LogP contribution in [0.2, 0.25) is 0 Å². The normalized spacial score (nSPS) is 14.1. The summed E-state index contributed by atoms with van der Waals surface area (Å²) in [6.45, 7) is 2.69. The van der Waals surface area contributed by atoms with Gasteiger partial charge in [0.2, 0.25) is 5.78 Å². The standard InChI is InChI=1S/C17H17NO2/c1-12-10-13-6-3-5-9-20-17(13)14(11-12)16(19)15-7-2-4-8-18-15/h2,4,7-8,10-11H,3,5-6,9H2,1H3. The molecule has 2 heterocycles. The Morgan fingerprint density at radius 3 is 2.95 bits per heavy atom. The number of ketones is 1. The van der Waals surface area contributed by atoms with Crippen molar-refractivity contribution in [3.05, 3.63) is 58.9 Å². The number of nitrogens with zero attached hydrogens (tertiary/aromatic N) is 1. The van der Waals surface area contributed by atoms with Gasteiger partial charge in [-0.15, -0.1) is 0 Å². The average molecular weight is 267 g/mol. The van der Waals surface area contributed by atoms with E-state index in [2.05, 4.69) is 11.1 Å². The minimum Gasteiger partial charge on any atom is -0.493 e. The topological polar surface area (TPSA) is 39.2 Å². The van der Waals surface area contributed by atoms with Crippen LogP contribution in [-0.2, 0) is 6.42 Å². The minimum atomic E-state index is -0.0625. The first-order chi connectivity index (χ1) is 9.75. The van der Waals surface area contributed by atoms with E-state index < -0.39 is 0 Å². The molecule has 1 aliphatic rings. The molecular formula is C17H17NO2. The number of aryl methyl sites for hydroxylation is 2. The number of ether oxygens (including phenoxy) is 1. The van der Waals surface area contributed by atoms with E-state index >= 15 is 0 Å². The number of carbonyl (C=O) groups is 1. The minimum absolute atomic E-state index is 0.0625. The van der Waals surface area contributed by atoms with Crippen molar-refractivity contribution in [3.8, 4) is 5.75 Å². The zero-order valence-electron chi connectivity index (χ0n) is 11.6. The van der Waals surface area contributed by atoms with Gasteiger partial charge in [-0.3, -0.25) is 9.78 Å². The van der Waals surface area contributed by atoms with Crippen LogP contribution in [0.15, 0.2) is 36.5 Å². The van der Waals surface area contributed by atoms with Crippen LogP contribution in [0, 0.1) is 6.92 Å². The van der Waals surface area contributed by atoms with Crippen LogP contribution in [0.4, 0.5) is 0 Å². The Balaban J connectivity index is 2.09. The van der Waals surface area contributed by atoms with Crippen molar-refractivity contribution in [1.82, 2.24) is 4.98 Å². The van der Waals surface area contributed by atoms with Crippen molar-refractivity contribution in [2.75, 3.05) is 6.61 Å². The summed E-state index contributed by atoms with van der Waals surface area (Å²) in [5.41, 5.74) is 3.34. The number of aromatic nitrogens is 1. The zero-order valence-corrected chi connectivity index (χ0v) is 11.6. The van der Waals surface area contributed by atoms with E-state index in [1.54, 1.807) is 12.3 Å². The van der Waals surface area contributed by atoms with Gasteiger partial charge in [0, 0.05) is 6.20 Å². The summed E-state index contributed by atoms with van der Waals surface area (Å²) < 4.78 is 5.83. The molecule has 0 aliphatic carbocycles. The lowest BCUT2D eigenvalue weighted by Gasteiger charge is -2.13. The van der Waals surface area contributed by atoms with Crippen LogP contribution in [-0.4, -0.2) is 17.4 Å². The molecule has 1 aromatic heterocycles. The summed E-state index contributed by atoms with van der Waals surface area (Å²) in [5, 5.41) is 0. The summed E-state index contributed by atoms with van der Waals surface area (Å²) in [7, 11) is 0. The van der Waals surface area contributed by atoms with Crippen molar-refractivity contribution >= 4 is 5.78 Å². The molecule has 20 heavy (non-hydrogen) atoms. The quantitative estimate of drug-likeness (QED) is 0.783. The molecule has 0 fully saturated rings. The van der Waals surface area contributed by atoms with E-state index in [-0.39, 0.29) is 5.78 Å². The summed E-state index contributed by atoms with van der Waals surface area (Å²) in [5.74, 6) is 0.691. The SMILES string of the molecule is Cc1cc2c(c(C(=O)c3ccccn3)c1)OCCCC2. The number of rotatable bonds is 2. The number of hydrogen-bond donors (Lipinski definition) is 0. The number of hydrogen-bond acceptors (Lipinski definition) is 3. The molecule has 2 aromatic rings. The molecule has 0 N–H and O–H groups in total. The largest absolute Gasteiger partial charge is 0.493 e. The average Bonchev–Trinajstić information content (AvgIpc) is 2.71. The van der Waals surface area contributed by atoms with Crippen LogP contribution in [0.25, 0.3) is 0 Å². The third-order valence-corrected chi connectivity index (χ3v) is 3.54. The summed E-state index contributed by atoms with van der Waals surface area (Å²) in [6.07, 6.45) is 4.75. The molecule has 0 amide bonds. The first-order valence-corrected chi connectivity index (χ1v) is 6.98. The molecule has 102 valence electrons. The Labute approximate surface area is 118 Å². The van der Waals surface area contributed by atoms with Crippen LogP contribution in [0.5, 0.6) is 5.75 Å². The monoisotopic (exact) mass is 267 g/mol. The molecular weight excluding hydrogens is 250 g/mol. The van der Waals surface area contributed by atoms with E-state index in [4.69, 9.17) is 4.74 Å². The number of fused-ring (bicyclic) bond motifs is 1. The Morgan fingerprint density at radius 1 is 1.25 bits per heavy atom. The highest BCUT2D eigenvalue weighted by molar-refractivity contribution is 6.09. The smallest absolute Gasteiger partial charge is 0.215 e. The summed E-state index contributed by atoms with van der Waals surface area (Å²) in [6, 6.07) is 9.41. The molecule has 3 rings (SSSR count). The van der Waals surface area contributed by atoms with E-state index in [1.807, 2.05) is 25.1 Å². The maximum absolute atomic E-state index is 12.6. The second kappa shape index (κ2) is 5.45. The third-order valence-electron chi connectivity index (χ3n) is 3.54. The molecule has 1 aromatic carbocycles. The van der Waals surface area contributed by atoms with Gasteiger partial charge in [0.05, 0.1) is 12.2 Å². The van der Waals surface area contributed by atoms with Gasteiger partial charge in [-0.2, -0.15) is 0 Å². The van der Waals surface area contributed by atoms with Crippen molar-refractivity contribution in [1.29, 1.82) is 0 Å². The van der Waals surface area contributed by atoms with E-state index in [0.29, 0.717) is 17.9 Å². The molecule has 0 atom stereocenters. The second-order valence-corrected chi connectivity index (χ2v) is 5.15. The van der Waals surface area contributed by atoms with Gasteiger partial charge >= 0.3 is 0 Å². The maximum atomic E-state index is 12.6. The lowest BCUT2D eigenvalue weighted by molar-refractivity contribution is 0.103. The Kier molecular flexibility index (Phi) is 3.50. The molecule has 0 bridgehead atoms. The van der Waals surface area contributed by atoms with Crippen LogP contribution < -0.4 is 4.74 Å². The van der Waals surface area contributed by atoms with Crippen molar-refractivity contribution in [2.24, 2.45) is 0 Å². The van der Waals surface area contributed by atoms with Crippen LogP contribution in [0.1, 0.15) is 40.0 Å². The first-order valence-electron chi connectivity index (χ1n) is 6.98. The van der Waals surface area contributed by atoms with Gasteiger partial charge in [0.25, 0.3) is 0 Å². The number of benzene rings is 1. The molecule has 3 heteroatoms. The number of pyridine rings is 1. The highest BCUT2D eigenvalue weighted by Crippen LogP contribution is 2.31. The Bertz CT molecular complexity index is 635. The highest BCUT2D eigenvalue weighted by atomic mass is 16.5. The highest BCUT2D eigenvalue weighted by Gasteiger charge is 2.21. The molecule has 0 spiro atoms. The lowest BCUT2D eigenvalue weighted by atomic mass is 9.97. The maximum Gasteiger partial charge on any atom is 0.215 e.